The van der Waals surface area contributed by atoms with Crippen LogP contribution in [0.1, 0.15) is 35.9 Å². The third kappa shape index (κ3) is 4.43. The molecule has 0 radical (unpaired) electrons. The number of Topliss-reactive ketones (excluding diaryl/α,β-unsaturated/α-hetero) is 1. The molecule has 3 N–H and O–H groups in total. The van der Waals surface area contributed by atoms with Crippen molar-refractivity contribution in [3.8, 4) is 0 Å². The van der Waals surface area contributed by atoms with Crippen LogP contribution in [0.4, 0.5) is 0 Å². The number of epoxide rings is 1. The average Bonchev–Trinajstić information content (AvgIpc) is 3.45. The fraction of sp³-hybridized carbons (Fsp3) is 0.333. The van der Waals surface area contributed by atoms with Crippen molar-refractivity contribution in [2.75, 3.05) is 6.61 Å². The second-order valence-corrected chi connectivity index (χ2v) is 7.29. The van der Waals surface area contributed by atoms with Gasteiger partial charge in [0.15, 0.2) is 5.78 Å². The third-order valence-corrected chi connectivity index (χ3v) is 5.02. The molecular formula is C21H23N3O5. The zero-order chi connectivity index (χ0) is 21.2. The molecule has 0 spiro atoms. The number of ketones is 1. The molecule has 8 heteroatoms. The number of primary amides is 1. The van der Waals surface area contributed by atoms with Gasteiger partial charge < -0.3 is 15.8 Å². The smallest absolute Gasteiger partial charge is 0.265 e. The Morgan fingerprint density at radius 3 is 2.41 bits per heavy atom. The van der Waals surface area contributed by atoms with Crippen molar-refractivity contribution in [2.24, 2.45) is 5.73 Å². The Morgan fingerprint density at radius 2 is 1.83 bits per heavy atom. The van der Waals surface area contributed by atoms with Crippen molar-refractivity contribution in [1.29, 1.82) is 0 Å². The number of hydrogen-bond acceptors (Lipinski definition) is 5. The zero-order valence-corrected chi connectivity index (χ0v) is 16.3. The molecule has 0 saturated carbocycles. The lowest BCUT2D eigenvalue weighted by Crippen LogP contribution is -2.50. The van der Waals surface area contributed by atoms with Crippen LogP contribution in [-0.2, 0) is 20.7 Å². The first kappa shape index (κ1) is 20.5. The maximum Gasteiger partial charge on any atom is 0.265 e. The lowest BCUT2D eigenvalue weighted by Gasteiger charge is -2.23. The second kappa shape index (κ2) is 8.00. The van der Waals surface area contributed by atoms with Gasteiger partial charge in [0.1, 0.15) is 17.3 Å². The number of nitrogens with zero attached hydrogens (tertiary/aromatic N) is 1. The first-order valence-electron chi connectivity index (χ1n) is 9.27. The highest BCUT2D eigenvalue weighted by Crippen LogP contribution is 2.29. The quantitative estimate of drug-likeness (QED) is 0.631. The summed E-state index contributed by atoms with van der Waals surface area (Å²) in [5, 5.41) is 2.72. The number of benzene rings is 1. The van der Waals surface area contributed by atoms with Crippen LogP contribution in [0.25, 0.3) is 0 Å². The van der Waals surface area contributed by atoms with Crippen LogP contribution in [0.2, 0.25) is 0 Å². The zero-order valence-electron chi connectivity index (χ0n) is 16.3. The highest BCUT2D eigenvalue weighted by atomic mass is 16.6. The summed E-state index contributed by atoms with van der Waals surface area (Å²) in [6.45, 7) is 3.45. The molecule has 2 heterocycles. The minimum Gasteiger partial charge on any atom is -0.364 e. The molecule has 1 fully saturated rings. The van der Waals surface area contributed by atoms with Gasteiger partial charge in [-0.25, -0.2) is 0 Å². The molecule has 0 bridgehead atoms. The molecule has 29 heavy (non-hydrogen) atoms. The number of carbonyl (C=O) groups excluding carboxylic acids is 3. The van der Waals surface area contributed by atoms with E-state index in [2.05, 4.69) is 5.32 Å². The van der Waals surface area contributed by atoms with Crippen LogP contribution in [-0.4, -0.2) is 40.4 Å². The minimum atomic E-state index is -1.04. The van der Waals surface area contributed by atoms with E-state index in [1.807, 2.05) is 30.3 Å². The van der Waals surface area contributed by atoms with E-state index in [0.717, 1.165) is 10.1 Å². The van der Waals surface area contributed by atoms with Crippen molar-refractivity contribution >= 4 is 17.6 Å². The van der Waals surface area contributed by atoms with Gasteiger partial charge >= 0.3 is 0 Å². The number of nitrogens with two attached hydrogens (primary N) is 1. The summed E-state index contributed by atoms with van der Waals surface area (Å²) in [5.41, 5.74) is 4.68. The molecule has 1 aliphatic heterocycles. The third-order valence-electron chi connectivity index (χ3n) is 5.02. The number of amides is 2. The predicted octanol–water partition coefficient (Wildman–Crippen LogP) is 0.594. The monoisotopic (exact) mass is 397 g/mol. The van der Waals surface area contributed by atoms with E-state index in [9.17, 15) is 19.2 Å². The summed E-state index contributed by atoms with van der Waals surface area (Å²) in [6.07, 6.45) is 0.281. The molecule has 2 amide bonds. The molecule has 3 atom stereocenters. The fourth-order valence-electron chi connectivity index (χ4n) is 3.19. The number of carbonyl (C=O) groups is 3. The van der Waals surface area contributed by atoms with Crippen molar-refractivity contribution in [3.63, 3.8) is 0 Å². The van der Waals surface area contributed by atoms with Crippen LogP contribution < -0.4 is 16.6 Å². The Kier molecular flexibility index (Phi) is 5.65. The number of nitrogens with one attached hydrogen (secondary N) is 1. The van der Waals surface area contributed by atoms with Crippen molar-refractivity contribution in [2.45, 2.75) is 38.0 Å². The van der Waals surface area contributed by atoms with Gasteiger partial charge in [-0.2, -0.15) is 0 Å². The van der Waals surface area contributed by atoms with E-state index in [1.165, 1.54) is 25.1 Å². The summed E-state index contributed by atoms with van der Waals surface area (Å²) in [7, 11) is 0. The topological polar surface area (TPSA) is 124 Å². The number of ether oxygens (including phenoxy) is 1. The molecule has 1 aromatic heterocycles. The molecule has 1 saturated heterocycles. The summed E-state index contributed by atoms with van der Waals surface area (Å²) in [5.74, 6) is -1.63. The molecule has 3 rings (SSSR count). The molecule has 0 unspecified atom stereocenters. The van der Waals surface area contributed by atoms with Gasteiger partial charge in [0.2, 0.25) is 5.91 Å². The maximum atomic E-state index is 12.9. The highest BCUT2D eigenvalue weighted by Gasteiger charge is 2.50. The lowest BCUT2D eigenvalue weighted by molar-refractivity contribution is -0.131. The van der Waals surface area contributed by atoms with Crippen LogP contribution in [0.3, 0.4) is 0 Å². The minimum absolute atomic E-state index is 0.0800. The van der Waals surface area contributed by atoms with Crippen molar-refractivity contribution in [3.05, 3.63) is 70.1 Å². The number of hydrogen-bond donors (Lipinski definition) is 2. The van der Waals surface area contributed by atoms with E-state index in [4.69, 9.17) is 10.5 Å². The summed E-state index contributed by atoms with van der Waals surface area (Å²) < 4.78 is 6.28. The maximum absolute atomic E-state index is 12.9. The number of aromatic nitrogens is 1. The average molecular weight is 397 g/mol. The Balaban J connectivity index is 1.86. The molecular weight excluding hydrogens is 374 g/mol. The molecule has 8 nitrogen and oxygen atoms in total. The van der Waals surface area contributed by atoms with E-state index in [0.29, 0.717) is 6.61 Å². The number of pyridine rings is 1. The Hall–Kier alpha value is -3.26. The molecule has 0 aliphatic carbocycles. The van der Waals surface area contributed by atoms with Gasteiger partial charge in [-0.3, -0.25) is 23.7 Å². The van der Waals surface area contributed by atoms with Crippen LogP contribution in [0.5, 0.6) is 0 Å². The van der Waals surface area contributed by atoms with E-state index in [-0.39, 0.29) is 17.9 Å². The van der Waals surface area contributed by atoms with Gasteiger partial charge in [-0.1, -0.05) is 36.4 Å². The van der Waals surface area contributed by atoms with Crippen molar-refractivity contribution in [1.82, 2.24) is 9.88 Å². The van der Waals surface area contributed by atoms with Gasteiger partial charge in [-0.05, 0) is 31.9 Å². The standard InChI is InChI=1S/C21H23N3O5/c1-13(24-16(19(22)27)9-6-10-17(24)25)20(28)23-15(18(26)21(2)12-29-21)11-14-7-4-3-5-8-14/h3-10,13,15H,11-12H2,1-2H3,(H2,22,27)(H,23,28)/t13-,15-,21+/m0/s1. The molecule has 152 valence electrons. The van der Waals surface area contributed by atoms with Crippen LogP contribution >= 0.6 is 0 Å². The second-order valence-electron chi connectivity index (χ2n) is 7.29. The Bertz CT molecular complexity index is 995. The Morgan fingerprint density at radius 1 is 1.17 bits per heavy atom. The van der Waals surface area contributed by atoms with Gasteiger partial charge in [0, 0.05) is 6.07 Å². The van der Waals surface area contributed by atoms with E-state index < -0.39 is 35.1 Å². The molecule has 1 aromatic carbocycles. The highest BCUT2D eigenvalue weighted by molar-refractivity contribution is 5.97. The van der Waals surface area contributed by atoms with Crippen LogP contribution in [0, 0.1) is 0 Å². The summed E-state index contributed by atoms with van der Waals surface area (Å²) in [6, 6.07) is 11.4. The first-order valence-corrected chi connectivity index (χ1v) is 9.27. The predicted molar refractivity (Wildman–Crippen MR) is 105 cm³/mol. The largest absolute Gasteiger partial charge is 0.364 e. The summed E-state index contributed by atoms with van der Waals surface area (Å²) >= 11 is 0. The van der Waals surface area contributed by atoms with Gasteiger partial charge in [0.25, 0.3) is 11.5 Å². The van der Waals surface area contributed by atoms with E-state index >= 15 is 0 Å². The van der Waals surface area contributed by atoms with Crippen LogP contribution in [0.15, 0.2) is 53.3 Å². The molecule has 2 aromatic rings. The normalized spacial score (nSPS) is 19.8. The number of rotatable bonds is 8. The SMILES string of the molecule is C[C@@H](C(=O)N[C@@H](Cc1ccccc1)C(=O)[C@@]1(C)CO1)n1c(C(N)=O)cccc1=O. The van der Waals surface area contributed by atoms with E-state index in [1.54, 1.807) is 6.92 Å². The Labute approximate surface area is 167 Å². The summed E-state index contributed by atoms with van der Waals surface area (Å²) in [4.78, 5) is 49.7. The van der Waals surface area contributed by atoms with Crippen molar-refractivity contribution < 1.29 is 19.1 Å². The van der Waals surface area contributed by atoms with Gasteiger partial charge in [-0.15, -0.1) is 0 Å². The fourth-order valence-corrected chi connectivity index (χ4v) is 3.19. The lowest BCUT2D eigenvalue weighted by atomic mass is 9.94. The molecule has 1 aliphatic rings. The van der Waals surface area contributed by atoms with Gasteiger partial charge in [0.05, 0.1) is 12.6 Å². The first-order chi connectivity index (χ1) is 13.7.